The van der Waals surface area contributed by atoms with E-state index in [4.69, 9.17) is 17.3 Å². The van der Waals surface area contributed by atoms with Gasteiger partial charge in [-0.2, -0.15) is 18.3 Å². The summed E-state index contributed by atoms with van der Waals surface area (Å²) in [6, 6.07) is 5.56. The van der Waals surface area contributed by atoms with Crippen molar-refractivity contribution in [3.63, 3.8) is 0 Å². The molecule has 1 aromatic carbocycles. The van der Waals surface area contributed by atoms with Gasteiger partial charge < -0.3 is 14.4 Å². The number of aromatic nitrogens is 3. The Hall–Kier alpha value is -2.17. The van der Waals surface area contributed by atoms with Gasteiger partial charge in [-0.3, -0.25) is 4.90 Å². The van der Waals surface area contributed by atoms with E-state index in [0.29, 0.717) is 36.8 Å². The van der Waals surface area contributed by atoms with Crippen molar-refractivity contribution < 1.29 is 13.2 Å². The van der Waals surface area contributed by atoms with Crippen molar-refractivity contribution in [2.45, 2.75) is 45.1 Å². The van der Waals surface area contributed by atoms with E-state index in [1.54, 1.807) is 6.07 Å². The molecular formula is C24H33F3N6S. The fourth-order valence-corrected chi connectivity index (χ4v) is 5.01. The van der Waals surface area contributed by atoms with Gasteiger partial charge in [0.2, 0.25) is 0 Å². The standard InChI is InChI=1S/C24H33F3N6S/c1-2-10-32-22(9-13-29-11-4-3-5-12-29)28-33(23(32)34)19-30-14-16-31(17-15-30)21-8-6-7-20(18-21)24(25,26)27/h2,6-8,18H,1,3-5,9-17,19H2. The largest absolute Gasteiger partial charge is 0.416 e. The number of anilines is 1. The topological polar surface area (TPSA) is 32.5 Å². The third-order valence-corrected chi connectivity index (χ3v) is 7.09. The summed E-state index contributed by atoms with van der Waals surface area (Å²) in [6.45, 7) is 11.2. The van der Waals surface area contributed by atoms with Crippen LogP contribution in [0.3, 0.4) is 0 Å². The van der Waals surface area contributed by atoms with Crippen molar-refractivity contribution in [2.75, 3.05) is 50.7 Å². The predicted molar refractivity (Wildman–Crippen MR) is 130 cm³/mol. The fourth-order valence-electron chi connectivity index (χ4n) is 4.73. The van der Waals surface area contributed by atoms with Crippen LogP contribution < -0.4 is 4.90 Å². The number of rotatable bonds is 8. The molecule has 0 radical (unpaired) electrons. The first kappa shape index (κ1) is 24.9. The van der Waals surface area contributed by atoms with Crippen molar-refractivity contribution in [1.29, 1.82) is 0 Å². The third kappa shape index (κ3) is 6.09. The Balaban J connectivity index is 1.37. The van der Waals surface area contributed by atoms with Crippen molar-refractivity contribution in [3.8, 4) is 0 Å². The van der Waals surface area contributed by atoms with Crippen molar-refractivity contribution >= 4 is 17.9 Å². The molecule has 4 rings (SSSR count). The van der Waals surface area contributed by atoms with Crippen LogP contribution >= 0.6 is 12.2 Å². The van der Waals surface area contributed by atoms with Gasteiger partial charge in [-0.1, -0.05) is 18.6 Å². The van der Waals surface area contributed by atoms with Gasteiger partial charge in [0.05, 0.1) is 12.2 Å². The Morgan fingerprint density at radius 2 is 1.74 bits per heavy atom. The number of piperazine rings is 1. The van der Waals surface area contributed by atoms with E-state index in [1.165, 1.54) is 31.4 Å². The number of hydrogen-bond donors (Lipinski definition) is 0. The summed E-state index contributed by atoms with van der Waals surface area (Å²) >= 11 is 5.72. The number of nitrogens with zero attached hydrogens (tertiary/aromatic N) is 6. The molecule has 2 fully saturated rings. The molecule has 0 N–H and O–H groups in total. The van der Waals surface area contributed by atoms with Gasteiger partial charge >= 0.3 is 6.18 Å². The van der Waals surface area contributed by atoms with Crippen LogP contribution in [-0.2, 0) is 25.8 Å². The summed E-state index contributed by atoms with van der Waals surface area (Å²) < 4.78 is 43.8. The number of allylic oxidation sites excluding steroid dienone is 1. The molecule has 0 atom stereocenters. The molecule has 0 saturated carbocycles. The van der Waals surface area contributed by atoms with Crippen LogP contribution in [0.2, 0.25) is 0 Å². The highest BCUT2D eigenvalue weighted by Crippen LogP contribution is 2.31. The second-order valence-corrected chi connectivity index (χ2v) is 9.41. The van der Waals surface area contributed by atoms with Gasteiger partial charge in [-0.15, -0.1) is 6.58 Å². The summed E-state index contributed by atoms with van der Waals surface area (Å²) in [4.78, 5) is 6.75. The number of hydrogen-bond acceptors (Lipinski definition) is 5. The molecule has 34 heavy (non-hydrogen) atoms. The summed E-state index contributed by atoms with van der Waals surface area (Å²) in [5, 5.41) is 4.84. The SMILES string of the molecule is C=CCn1c(CCN2CCCCC2)nn(CN2CCN(c3cccc(C(F)(F)F)c3)CC2)c1=S. The highest BCUT2D eigenvalue weighted by atomic mass is 32.1. The summed E-state index contributed by atoms with van der Waals surface area (Å²) in [5.74, 6) is 0.984. The quantitative estimate of drug-likeness (QED) is 0.401. The zero-order valence-corrected chi connectivity index (χ0v) is 20.3. The molecule has 0 amide bonds. The third-order valence-electron chi connectivity index (χ3n) is 6.66. The van der Waals surface area contributed by atoms with Crippen LogP contribution in [0.4, 0.5) is 18.9 Å². The van der Waals surface area contributed by atoms with E-state index in [1.807, 2.05) is 15.7 Å². The maximum absolute atomic E-state index is 13.1. The van der Waals surface area contributed by atoms with E-state index in [9.17, 15) is 13.2 Å². The van der Waals surface area contributed by atoms with Crippen LogP contribution in [0.5, 0.6) is 0 Å². The Morgan fingerprint density at radius 1 is 1.00 bits per heavy atom. The molecule has 0 bridgehead atoms. The molecular weight excluding hydrogens is 461 g/mol. The molecule has 0 spiro atoms. The van der Waals surface area contributed by atoms with Crippen LogP contribution in [0, 0.1) is 4.77 Å². The summed E-state index contributed by atoms with van der Waals surface area (Å²) in [5.41, 5.74) is 0.00456. The monoisotopic (exact) mass is 494 g/mol. The molecule has 2 aliphatic heterocycles. The Morgan fingerprint density at radius 3 is 2.41 bits per heavy atom. The summed E-state index contributed by atoms with van der Waals surface area (Å²) in [7, 11) is 0. The van der Waals surface area contributed by atoms with Crippen molar-refractivity contribution in [2.24, 2.45) is 0 Å². The number of piperidine rings is 1. The van der Waals surface area contributed by atoms with Crippen LogP contribution in [0.1, 0.15) is 30.7 Å². The lowest BCUT2D eigenvalue weighted by atomic mass is 10.1. The van der Waals surface area contributed by atoms with Gasteiger partial charge in [0.1, 0.15) is 5.82 Å². The lowest BCUT2D eigenvalue weighted by Crippen LogP contribution is -2.47. The first-order valence-corrected chi connectivity index (χ1v) is 12.4. The fraction of sp³-hybridized carbons (Fsp3) is 0.583. The molecule has 2 aliphatic rings. The van der Waals surface area contributed by atoms with Crippen molar-refractivity contribution in [1.82, 2.24) is 24.1 Å². The molecule has 2 aromatic rings. The van der Waals surface area contributed by atoms with E-state index < -0.39 is 11.7 Å². The molecule has 6 nitrogen and oxygen atoms in total. The molecule has 186 valence electrons. The minimum absolute atomic E-state index is 0.579. The lowest BCUT2D eigenvalue weighted by Gasteiger charge is -2.36. The summed E-state index contributed by atoms with van der Waals surface area (Å²) in [6.07, 6.45) is 2.22. The van der Waals surface area contributed by atoms with Crippen LogP contribution in [0.15, 0.2) is 36.9 Å². The van der Waals surface area contributed by atoms with E-state index >= 15 is 0 Å². The zero-order chi connectivity index (χ0) is 24.1. The smallest absolute Gasteiger partial charge is 0.369 e. The zero-order valence-electron chi connectivity index (χ0n) is 19.5. The average molecular weight is 495 g/mol. The molecule has 1 aromatic heterocycles. The van der Waals surface area contributed by atoms with Gasteiger partial charge in [0, 0.05) is 51.4 Å². The predicted octanol–water partition coefficient (Wildman–Crippen LogP) is 4.43. The first-order chi connectivity index (χ1) is 16.3. The normalized spacial score (nSPS) is 18.4. The first-order valence-electron chi connectivity index (χ1n) is 12.0. The van der Waals surface area contributed by atoms with Gasteiger partial charge in [0.15, 0.2) is 4.77 Å². The average Bonchev–Trinajstić information content (AvgIpc) is 3.13. The number of alkyl halides is 3. The maximum atomic E-state index is 13.1. The van der Waals surface area contributed by atoms with Gasteiger partial charge in [0.25, 0.3) is 0 Å². The number of halogens is 3. The Bertz CT molecular complexity index is 1020. The second-order valence-electron chi connectivity index (χ2n) is 9.04. The molecule has 0 aliphatic carbocycles. The van der Waals surface area contributed by atoms with E-state index in [-0.39, 0.29) is 0 Å². The lowest BCUT2D eigenvalue weighted by molar-refractivity contribution is -0.137. The van der Waals surface area contributed by atoms with Crippen molar-refractivity contribution in [3.05, 3.63) is 53.1 Å². The highest BCUT2D eigenvalue weighted by molar-refractivity contribution is 7.71. The van der Waals surface area contributed by atoms with Crippen LogP contribution in [0.25, 0.3) is 0 Å². The molecule has 0 unspecified atom stereocenters. The molecule has 2 saturated heterocycles. The van der Waals surface area contributed by atoms with Gasteiger partial charge in [-0.05, 0) is 56.3 Å². The Kier molecular flexibility index (Phi) is 8.10. The minimum Gasteiger partial charge on any atom is -0.369 e. The number of likely N-dealkylation sites (tertiary alicyclic amines) is 1. The number of benzene rings is 1. The maximum Gasteiger partial charge on any atom is 0.416 e. The molecule has 10 heteroatoms. The second kappa shape index (κ2) is 11.0. The van der Waals surface area contributed by atoms with E-state index in [0.717, 1.165) is 51.0 Å². The highest BCUT2D eigenvalue weighted by Gasteiger charge is 2.31. The van der Waals surface area contributed by atoms with Gasteiger partial charge in [-0.25, -0.2) is 4.68 Å². The van der Waals surface area contributed by atoms with Crippen LogP contribution in [-0.4, -0.2) is 70.0 Å². The molecule has 3 heterocycles. The Labute approximate surface area is 204 Å². The minimum atomic E-state index is -4.33. The van der Waals surface area contributed by atoms with E-state index in [2.05, 4.69) is 20.9 Å².